The summed E-state index contributed by atoms with van der Waals surface area (Å²) >= 11 is 1.56. The van der Waals surface area contributed by atoms with Crippen molar-refractivity contribution in [1.29, 1.82) is 0 Å². The van der Waals surface area contributed by atoms with Gasteiger partial charge in [0, 0.05) is 28.5 Å². The number of para-hydroxylation sites is 1. The molecule has 0 saturated carbocycles. The van der Waals surface area contributed by atoms with Crippen molar-refractivity contribution in [3.63, 3.8) is 0 Å². The minimum Gasteiger partial charge on any atom is -0.478 e. The van der Waals surface area contributed by atoms with Gasteiger partial charge in [0.2, 0.25) is 0 Å². The van der Waals surface area contributed by atoms with Crippen molar-refractivity contribution in [2.24, 2.45) is 0 Å². The fourth-order valence-electron chi connectivity index (χ4n) is 3.58. The van der Waals surface area contributed by atoms with Crippen LogP contribution >= 0.6 is 11.3 Å². The van der Waals surface area contributed by atoms with Crippen molar-refractivity contribution >= 4 is 44.2 Å². The number of anilines is 1. The Balaban J connectivity index is 1.39. The van der Waals surface area contributed by atoms with Crippen molar-refractivity contribution in [2.45, 2.75) is 6.42 Å². The number of hydrogen-bond donors (Lipinski definition) is 3. The minimum atomic E-state index is -0.933. The van der Waals surface area contributed by atoms with Crippen molar-refractivity contribution in [3.8, 4) is 10.4 Å². The van der Waals surface area contributed by atoms with Crippen LogP contribution in [0.1, 0.15) is 15.9 Å². The molecule has 3 N–H and O–H groups in total. The van der Waals surface area contributed by atoms with Gasteiger partial charge in [-0.2, -0.15) is 0 Å². The van der Waals surface area contributed by atoms with Gasteiger partial charge in [-0.3, -0.25) is 0 Å². The van der Waals surface area contributed by atoms with E-state index in [1.54, 1.807) is 35.9 Å². The van der Waals surface area contributed by atoms with Crippen LogP contribution < -0.4 is 5.32 Å². The number of aromatic amines is 1. The van der Waals surface area contributed by atoms with Crippen LogP contribution in [0, 0.1) is 0 Å². The third-order valence-electron chi connectivity index (χ3n) is 5.07. The second kappa shape index (κ2) is 7.61. The molecule has 7 heteroatoms. The highest BCUT2D eigenvalue weighted by atomic mass is 32.1. The van der Waals surface area contributed by atoms with E-state index >= 15 is 0 Å². The van der Waals surface area contributed by atoms with Gasteiger partial charge in [0.1, 0.15) is 12.1 Å². The zero-order valence-corrected chi connectivity index (χ0v) is 16.7. The number of rotatable bonds is 6. The van der Waals surface area contributed by atoms with Gasteiger partial charge in [0.25, 0.3) is 0 Å². The molecule has 0 aliphatic rings. The lowest BCUT2D eigenvalue weighted by Crippen LogP contribution is -2.06. The summed E-state index contributed by atoms with van der Waals surface area (Å²) in [7, 11) is 0. The molecule has 0 atom stereocenters. The number of nitrogens with one attached hydrogen (secondary N) is 2. The first-order valence-corrected chi connectivity index (χ1v) is 10.4. The molecule has 0 bridgehead atoms. The van der Waals surface area contributed by atoms with Crippen molar-refractivity contribution in [3.05, 3.63) is 78.2 Å². The Hall–Kier alpha value is -3.71. The lowest BCUT2D eigenvalue weighted by molar-refractivity contribution is 0.0697. The van der Waals surface area contributed by atoms with Crippen molar-refractivity contribution in [2.75, 3.05) is 11.9 Å². The number of nitrogens with zero attached hydrogens (tertiary/aromatic N) is 2. The molecule has 0 radical (unpaired) electrons. The summed E-state index contributed by atoms with van der Waals surface area (Å²) in [6.07, 6.45) is 4.48. The van der Waals surface area contributed by atoms with Gasteiger partial charge in [-0.15, -0.1) is 11.3 Å². The number of fused-ring (bicyclic) bond motifs is 2. The SMILES string of the molecule is O=C(O)c1cccc(-c2cc3ncnc(NCCc4c[nH]c5ccccc45)c3s2)c1. The van der Waals surface area contributed by atoms with Gasteiger partial charge in [0.05, 0.1) is 15.8 Å². The highest BCUT2D eigenvalue weighted by Crippen LogP contribution is 2.36. The second-order valence-electron chi connectivity index (χ2n) is 6.97. The van der Waals surface area contributed by atoms with Crippen LogP contribution in [0.25, 0.3) is 31.6 Å². The molecule has 0 spiro atoms. The molecule has 0 aliphatic carbocycles. The molecule has 0 aliphatic heterocycles. The van der Waals surface area contributed by atoms with Crippen LogP contribution in [0.3, 0.4) is 0 Å². The smallest absolute Gasteiger partial charge is 0.335 e. The average Bonchev–Trinajstić information content (AvgIpc) is 3.39. The number of H-pyrrole nitrogens is 1. The summed E-state index contributed by atoms with van der Waals surface area (Å²) in [5.41, 5.74) is 4.39. The first-order valence-electron chi connectivity index (χ1n) is 9.56. The molecular weight excluding hydrogens is 396 g/mol. The Kier molecular flexibility index (Phi) is 4.65. The molecule has 5 rings (SSSR count). The molecular formula is C23H18N4O2S. The highest BCUT2D eigenvalue weighted by molar-refractivity contribution is 7.22. The number of hydrogen-bond acceptors (Lipinski definition) is 5. The van der Waals surface area contributed by atoms with Crippen LogP contribution in [0.2, 0.25) is 0 Å². The van der Waals surface area contributed by atoms with Crippen LogP contribution in [0.5, 0.6) is 0 Å². The first-order chi connectivity index (χ1) is 14.7. The van der Waals surface area contributed by atoms with Gasteiger partial charge in [-0.1, -0.05) is 30.3 Å². The third-order valence-corrected chi connectivity index (χ3v) is 6.25. The number of aromatic nitrogens is 3. The quantitative estimate of drug-likeness (QED) is 0.356. The predicted molar refractivity (Wildman–Crippen MR) is 120 cm³/mol. The number of carboxylic acids is 1. The predicted octanol–water partition coefficient (Wildman–Crippen LogP) is 5.19. The average molecular weight is 414 g/mol. The van der Waals surface area contributed by atoms with E-state index in [4.69, 9.17) is 0 Å². The fourth-order valence-corrected chi connectivity index (χ4v) is 4.66. The third kappa shape index (κ3) is 3.40. The molecule has 148 valence electrons. The largest absolute Gasteiger partial charge is 0.478 e. The molecule has 3 aromatic heterocycles. The molecule has 30 heavy (non-hydrogen) atoms. The number of benzene rings is 2. The van der Waals surface area contributed by atoms with Crippen LogP contribution in [-0.4, -0.2) is 32.6 Å². The van der Waals surface area contributed by atoms with E-state index in [0.29, 0.717) is 0 Å². The van der Waals surface area contributed by atoms with Gasteiger partial charge < -0.3 is 15.4 Å². The number of carbonyl (C=O) groups is 1. The summed E-state index contributed by atoms with van der Waals surface area (Å²) in [6, 6.07) is 17.2. The van der Waals surface area contributed by atoms with Gasteiger partial charge >= 0.3 is 5.97 Å². The summed E-state index contributed by atoms with van der Waals surface area (Å²) in [5, 5.41) is 13.9. The van der Waals surface area contributed by atoms with Crippen molar-refractivity contribution < 1.29 is 9.90 Å². The normalized spacial score (nSPS) is 11.2. The highest BCUT2D eigenvalue weighted by Gasteiger charge is 2.12. The molecule has 6 nitrogen and oxygen atoms in total. The second-order valence-corrected chi connectivity index (χ2v) is 8.02. The van der Waals surface area contributed by atoms with E-state index < -0.39 is 5.97 Å². The monoisotopic (exact) mass is 414 g/mol. The Labute approximate surface area is 176 Å². The number of carboxylic acid groups (broad SMARTS) is 1. The molecule has 0 fully saturated rings. The van der Waals surface area contributed by atoms with E-state index in [2.05, 4.69) is 38.6 Å². The standard InChI is InChI=1S/C23H18N4O2S/c28-23(29)15-5-3-4-14(10-15)20-11-19-21(30-20)22(27-13-26-19)24-9-8-16-12-25-18-7-2-1-6-17(16)18/h1-7,10-13,25H,8-9H2,(H,28,29)(H,24,26,27). The molecule has 2 aromatic carbocycles. The van der Waals surface area contributed by atoms with Gasteiger partial charge in [-0.05, 0) is 41.8 Å². The number of aromatic carboxylic acids is 1. The van der Waals surface area contributed by atoms with Crippen LogP contribution in [-0.2, 0) is 6.42 Å². The van der Waals surface area contributed by atoms with E-state index in [1.165, 1.54) is 10.9 Å². The summed E-state index contributed by atoms with van der Waals surface area (Å²) < 4.78 is 0.965. The van der Waals surface area contributed by atoms with E-state index in [0.717, 1.165) is 45.0 Å². The molecule has 3 heterocycles. The van der Waals surface area contributed by atoms with Crippen molar-refractivity contribution in [1.82, 2.24) is 15.0 Å². The Morgan fingerprint density at radius 1 is 1.10 bits per heavy atom. The fraction of sp³-hybridized carbons (Fsp3) is 0.0870. The Morgan fingerprint density at radius 3 is 2.90 bits per heavy atom. The van der Waals surface area contributed by atoms with Crippen LogP contribution in [0.4, 0.5) is 5.82 Å². The summed E-state index contributed by atoms with van der Waals surface area (Å²) in [5.74, 6) is -0.136. The van der Waals surface area contributed by atoms with Gasteiger partial charge in [-0.25, -0.2) is 14.8 Å². The molecule has 0 amide bonds. The van der Waals surface area contributed by atoms with Crippen LogP contribution in [0.15, 0.2) is 67.1 Å². The zero-order valence-electron chi connectivity index (χ0n) is 15.9. The first kappa shape index (κ1) is 18.3. The lowest BCUT2D eigenvalue weighted by Gasteiger charge is -2.05. The van der Waals surface area contributed by atoms with E-state index in [1.807, 2.05) is 24.3 Å². The minimum absolute atomic E-state index is 0.271. The lowest BCUT2D eigenvalue weighted by atomic mass is 10.1. The molecule has 0 saturated heterocycles. The van der Waals surface area contributed by atoms with Gasteiger partial charge in [0.15, 0.2) is 0 Å². The molecule has 5 aromatic rings. The topological polar surface area (TPSA) is 90.9 Å². The van der Waals surface area contributed by atoms with E-state index in [9.17, 15) is 9.90 Å². The summed E-state index contributed by atoms with van der Waals surface area (Å²) in [4.78, 5) is 24.4. The maximum absolute atomic E-state index is 11.3. The zero-order chi connectivity index (χ0) is 20.5. The maximum Gasteiger partial charge on any atom is 0.335 e. The molecule has 0 unspecified atom stereocenters. The summed E-state index contributed by atoms with van der Waals surface area (Å²) in [6.45, 7) is 0.746. The Morgan fingerprint density at radius 2 is 2.00 bits per heavy atom. The Bertz CT molecular complexity index is 1370. The number of thiophene rings is 1. The maximum atomic E-state index is 11.3. The van der Waals surface area contributed by atoms with E-state index in [-0.39, 0.29) is 5.56 Å².